The molecule has 1 aliphatic heterocycles. The number of pyridine rings is 1. The molecular weight excluding hydrogens is 565 g/mol. The second-order valence-electron chi connectivity index (χ2n) is 9.70. The van der Waals surface area contributed by atoms with E-state index in [4.69, 9.17) is 0 Å². The van der Waals surface area contributed by atoms with E-state index in [2.05, 4.69) is 20.6 Å². The number of hydrogen-bond acceptors (Lipinski definition) is 7. The van der Waals surface area contributed by atoms with E-state index < -0.39 is 21.8 Å². The van der Waals surface area contributed by atoms with Crippen LogP contribution < -0.4 is 10.6 Å². The smallest absolute Gasteiger partial charge is 0.347 e. The number of imidazole rings is 1. The lowest BCUT2D eigenvalue weighted by molar-refractivity contribution is -0.137. The molecule has 1 amide bonds. The largest absolute Gasteiger partial charge is 0.416 e. The highest BCUT2D eigenvalue weighted by molar-refractivity contribution is 7.88. The first-order valence-corrected chi connectivity index (χ1v) is 15.2. The first-order valence-electron chi connectivity index (χ1n) is 12.5. The fourth-order valence-electron chi connectivity index (χ4n) is 4.46. The van der Waals surface area contributed by atoms with Crippen molar-refractivity contribution in [1.82, 2.24) is 24.2 Å². The topological polar surface area (TPSA) is 109 Å². The zero-order valence-corrected chi connectivity index (χ0v) is 23.5. The number of halogens is 3. The van der Waals surface area contributed by atoms with Gasteiger partial charge in [0.2, 0.25) is 10.0 Å². The molecule has 0 radical (unpaired) electrons. The normalized spacial score (nSPS) is 15.7. The minimum absolute atomic E-state index is 0.0777. The summed E-state index contributed by atoms with van der Waals surface area (Å²) in [5, 5.41) is 6.96. The number of carbonyl (C=O) groups excluding carboxylic acids is 1. The molecule has 14 heteroatoms. The Morgan fingerprint density at radius 2 is 1.88 bits per heavy atom. The van der Waals surface area contributed by atoms with Crippen molar-refractivity contribution in [3.8, 4) is 0 Å². The number of aryl methyl sites for hydroxylation is 1. The lowest BCUT2D eigenvalue weighted by atomic mass is 10.1. The van der Waals surface area contributed by atoms with Crippen molar-refractivity contribution in [3.63, 3.8) is 0 Å². The van der Waals surface area contributed by atoms with E-state index in [1.807, 2.05) is 24.5 Å². The Bertz CT molecular complexity index is 1660. The third-order valence-corrected chi connectivity index (χ3v) is 9.35. The zero-order chi connectivity index (χ0) is 28.8. The van der Waals surface area contributed by atoms with E-state index in [1.54, 1.807) is 12.4 Å². The molecule has 1 aromatic carbocycles. The summed E-state index contributed by atoms with van der Waals surface area (Å²) >= 11 is 1.42. The Hall–Kier alpha value is -3.49. The predicted molar refractivity (Wildman–Crippen MR) is 147 cm³/mol. The number of anilines is 2. The van der Waals surface area contributed by atoms with Crippen molar-refractivity contribution in [2.45, 2.75) is 38.5 Å². The van der Waals surface area contributed by atoms with Crippen molar-refractivity contribution < 1.29 is 26.4 Å². The van der Waals surface area contributed by atoms with Crippen LogP contribution in [-0.4, -0.2) is 52.5 Å². The lowest BCUT2D eigenvalue weighted by Gasteiger charge is -2.38. The summed E-state index contributed by atoms with van der Waals surface area (Å²) in [6.07, 6.45) is 0.620. The Kier molecular flexibility index (Phi) is 7.35. The van der Waals surface area contributed by atoms with Gasteiger partial charge in [0.25, 0.3) is 5.91 Å². The molecule has 0 bridgehead atoms. The minimum atomic E-state index is -4.40. The molecule has 3 aromatic heterocycles. The number of carbonyl (C=O) groups is 1. The lowest BCUT2D eigenvalue weighted by Crippen LogP contribution is -2.50. The van der Waals surface area contributed by atoms with Gasteiger partial charge in [-0.05, 0) is 55.3 Å². The standard InChI is InChI=1S/C26H27F3N6O3S2/c1-4-16-9-23(39-25(16)33-18-7-5-17(6-8-18)26(27,28)29)15(2)32-24(36)20-10-22-21(11-30-20)31-14-35(22)19-12-34(13-19)40(3,37)38/h5-11,14-15,19,33H,4,12-13H2,1-3H3,(H,32,36). The average molecular weight is 593 g/mol. The number of thiophene rings is 1. The summed E-state index contributed by atoms with van der Waals surface area (Å²) in [4.78, 5) is 22.6. The summed E-state index contributed by atoms with van der Waals surface area (Å²) in [6.45, 7) is 4.51. The van der Waals surface area contributed by atoms with Crippen LogP contribution in [0, 0.1) is 0 Å². The van der Waals surface area contributed by atoms with E-state index >= 15 is 0 Å². The predicted octanol–water partition coefficient (Wildman–Crippen LogP) is 5.12. The highest BCUT2D eigenvalue weighted by atomic mass is 32.2. The fraction of sp³-hybridized carbons (Fsp3) is 0.346. The molecule has 2 N–H and O–H groups in total. The number of aromatic nitrogens is 3. The summed E-state index contributed by atoms with van der Waals surface area (Å²) in [6, 6.07) is 8.04. The van der Waals surface area contributed by atoms with E-state index in [-0.39, 0.29) is 23.7 Å². The number of benzene rings is 1. The van der Waals surface area contributed by atoms with Crippen LogP contribution in [0.3, 0.4) is 0 Å². The van der Waals surface area contributed by atoms with Gasteiger partial charge in [-0.15, -0.1) is 11.3 Å². The Morgan fingerprint density at radius 3 is 2.50 bits per heavy atom. The first kappa shape index (κ1) is 28.1. The van der Waals surface area contributed by atoms with Crippen molar-refractivity contribution in [3.05, 3.63) is 70.6 Å². The van der Waals surface area contributed by atoms with Crippen LogP contribution in [0.1, 0.15) is 52.4 Å². The molecule has 9 nitrogen and oxygen atoms in total. The van der Waals surface area contributed by atoms with Crippen molar-refractivity contribution in [2.24, 2.45) is 0 Å². The molecule has 4 heterocycles. The van der Waals surface area contributed by atoms with Crippen LogP contribution in [0.25, 0.3) is 11.0 Å². The molecule has 1 aliphatic rings. The molecule has 0 saturated carbocycles. The molecule has 5 rings (SSSR count). The average Bonchev–Trinajstić information content (AvgIpc) is 3.46. The maximum atomic E-state index is 13.1. The molecule has 4 aromatic rings. The van der Waals surface area contributed by atoms with E-state index in [1.165, 1.54) is 40.2 Å². The minimum Gasteiger partial charge on any atom is -0.347 e. The van der Waals surface area contributed by atoms with Crippen molar-refractivity contribution >= 4 is 49.0 Å². The van der Waals surface area contributed by atoms with Gasteiger partial charge in [-0.25, -0.2) is 18.4 Å². The molecule has 1 saturated heterocycles. The van der Waals surface area contributed by atoms with Gasteiger partial charge >= 0.3 is 6.18 Å². The van der Waals surface area contributed by atoms with E-state index in [9.17, 15) is 26.4 Å². The van der Waals surface area contributed by atoms with E-state index in [0.717, 1.165) is 27.6 Å². The number of nitrogens with one attached hydrogen (secondary N) is 2. The number of rotatable bonds is 8. The number of hydrogen-bond donors (Lipinski definition) is 2. The summed E-state index contributed by atoms with van der Waals surface area (Å²) < 4.78 is 65.4. The van der Waals surface area contributed by atoms with E-state index in [0.29, 0.717) is 36.2 Å². The van der Waals surface area contributed by atoms with Crippen LogP contribution in [0.5, 0.6) is 0 Å². The Balaban J connectivity index is 1.29. The van der Waals surface area contributed by atoms with Crippen molar-refractivity contribution in [2.75, 3.05) is 24.7 Å². The number of sulfonamides is 1. The number of fused-ring (bicyclic) bond motifs is 1. The molecule has 1 unspecified atom stereocenters. The van der Waals surface area contributed by atoms with Crippen LogP contribution in [0.4, 0.5) is 23.9 Å². The van der Waals surface area contributed by atoms with Gasteiger partial charge in [0.15, 0.2) is 0 Å². The molecular formula is C26H27F3N6O3S2. The van der Waals surface area contributed by atoms with Gasteiger partial charge in [0, 0.05) is 23.7 Å². The van der Waals surface area contributed by atoms with Gasteiger partial charge in [-0.2, -0.15) is 17.5 Å². The highest BCUT2D eigenvalue weighted by Gasteiger charge is 2.35. The van der Waals surface area contributed by atoms with Crippen LogP contribution in [-0.2, 0) is 22.6 Å². The molecule has 1 atom stereocenters. The third-order valence-electron chi connectivity index (χ3n) is 6.84. The maximum absolute atomic E-state index is 13.1. The SMILES string of the molecule is CCc1cc(C(C)NC(=O)c2cc3c(cn2)ncn3C2CN(S(C)(=O)=O)C2)sc1Nc1ccc(C(F)(F)F)cc1. The number of alkyl halides is 3. The third kappa shape index (κ3) is 5.69. The summed E-state index contributed by atoms with van der Waals surface area (Å²) in [5.41, 5.74) is 2.30. The molecule has 1 fully saturated rings. The van der Waals surface area contributed by atoms with Gasteiger partial charge in [0.1, 0.15) is 11.2 Å². The van der Waals surface area contributed by atoms with Gasteiger partial charge in [-0.1, -0.05) is 6.92 Å². The van der Waals surface area contributed by atoms with Crippen LogP contribution in [0.15, 0.2) is 48.9 Å². The maximum Gasteiger partial charge on any atom is 0.416 e. The monoisotopic (exact) mass is 592 g/mol. The van der Waals surface area contributed by atoms with Crippen LogP contribution >= 0.6 is 11.3 Å². The summed E-state index contributed by atoms with van der Waals surface area (Å²) in [5.74, 6) is -0.378. The second-order valence-corrected chi connectivity index (χ2v) is 12.8. The first-order chi connectivity index (χ1) is 18.8. The Morgan fingerprint density at radius 1 is 1.18 bits per heavy atom. The second kappa shape index (κ2) is 10.5. The van der Waals surface area contributed by atoms with Crippen molar-refractivity contribution in [1.29, 1.82) is 0 Å². The molecule has 40 heavy (non-hydrogen) atoms. The van der Waals surface area contributed by atoms with Gasteiger partial charge in [-0.3, -0.25) is 4.79 Å². The number of nitrogens with zero attached hydrogens (tertiary/aromatic N) is 4. The molecule has 212 valence electrons. The highest BCUT2D eigenvalue weighted by Crippen LogP contribution is 2.36. The Labute approximate surface area is 233 Å². The quantitative estimate of drug-likeness (QED) is 0.294. The fourth-order valence-corrected chi connectivity index (χ4v) is 6.52. The summed E-state index contributed by atoms with van der Waals surface area (Å²) in [7, 11) is -3.25. The van der Waals surface area contributed by atoms with Gasteiger partial charge < -0.3 is 15.2 Å². The molecule has 0 spiro atoms. The van der Waals surface area contributed by atoms with Gasteiger partial charge in [0.05, 0.1) is 46.9 Å². The molecule has 0 aliphatic carbocycles. The van der Waals surface area contributed by atoms with Crippen LogP contribution in [0.2, 0.25) is 0 Å². The number of amides is 1. The zero-order valence-electron chi connectivity index (χ0n) is 21.9.